The highest BCUT2D eigenvalue weighted by atomic mass is 32.2. The molecule has 2 rings (SSSR count). The zero-order valence-electron chi connectivity index (χ0n) is 13.0. The van der Waals surface area contributed by atoms with Crippen LogP contribution in [0.2, 0.25) is 0 Å². The molecule has 2 N–H and O–H groups in total. The van der Waals surface area contributed by atoms with E-state index in [1.165, 1.54) is 11.5 Å². The number of nitrogens with two attached hydrogens (primary N) is 1. The lowest BCUT2D eigenvalue weighted by Gasteiger charge is -2.24. The molecule has 1 saturated carbocycles. The molecule has 0 atom stereocenters. The van der Waals surface area contributed by atoms with Gasteiger partial charge in [-0.1, -0.05) is 20.8 Å². The van der Waals surface area contributed by atoms with E-state index in [0.29, 0.717) is 18.4 Å². The largest absolute Gasteiger partial charge is 0.382 e. The van der Waals surface area contributed by atoms with E-state index in [1.807, 2.05) is 6.92 Å². The van der Waals surface area contributed by atoms with Crippen molar-refractivity contribution < 1.29 is 8.42 Å². The predicted octanol–water partition coefficient (Wildman–Crippen LogP) is 2.92. The third kappa shape index (κ3) is 3.88. The Morgan fingerprint density at radius 3 is 2.62 bits per heavy atom. The van der Waals surface area contributed by atoms with Gasteiger partial charge in [0.1, 0.15) is 9.90 Å². The van der Waals surface area contributed by atoms with Crippen LogP contribution in [0.5, 0.6) is 0 Å². The van der Waals surface area contributed by atoms with Gasteiger partial charge < -0.3 is 10.6 Å². The molecule has 1 aliphatic rings. The Morgan fingerprint density at radius 2 is 2.10 bits per heavy atom. The van der Waals surface area contributed by atoms with Gasteiger partial charge in [-0.3, -0.25) is 0 Å². The van der Waals surface area contributed by atoms with E-state index in [4.69, 9.17) is 5.73 Å². The molecule has 0 saturated heterocycles. The van der Waals surface area contributed by atoms with Crippen molar-refractivity contribution in [2.75, 3.05) is 22.9 Å². The van der Waals surface area contributed by atoms with Crippen LogP contribution in [-0.2, 0) is 9.84 Å². The number of hydrogen-bond donors (Lipinski definition) is 1. The lowest BCUT2D eigenvalue weighted by atomic mass is 10.1. The molecule has 0 radical (unpaired) electrons. The normalized spacial score (nSPS) is 15.6. The molecule has 0 spiro atoms. The molecule has 7 heteroatoms. The van der Waals surface area contributed by atoms with Crippen molar-refractivity contribution in [1.29, 1.82) is 0 Å². The van der Waals surface area contributed by atoms with Crippen LogP contribution in [-0.4, -0.2) is 31.1 Å². The number of aromatic nitrogens is 1. The summed E-state index contributed by atoms with van der Waals surface area (Å²) in [6.45, 7) is 7.10. The summed E-state index contributed by atoms with van der Waals surface area (Å²) in [5, 5.41) is 0.754. The number of anilines is 2. The summed E-state index contributed by atoms with van der Waals surface area (Å²) in [5.41, 5.74) is 5.87. The van der Waals surface area contributed by atoms with Gasteiger partial charge in [0.15, 0.2) is 15.7 Å². The summed E-state index contributed by atoms with van der Waals surface area (Å²) in [7, 11) is -3.34. The van der Waals surface area contributed by atoms with Crippen LogP contribution in [0.25, 0.3) is 0 Å². The first-order valence-electron chi connectivity index (χ1n) is 7.61. The molecule has 1 heterocycles. The molecular formula is C14H25N3O2S2. The molecular weight excluding hydrogens is 306 g/mol. The van der Waals surface area contributed by atoms with Gasteiger partial charge in [0, 0.05) is 12.6 Å². The summed E-state index contributed by atoms with van der Waals surface area (Å²) in [5.74, 6) is 0.886. The van der Waals surface area contributed by atoms with Crippen molar-refractivity contribution in [3.05, 3.63) is 0 Å². The van der Waals surface area contributed by atoms with Crippen LogP contribution in [0, 0.1) is 5.92 Å². The van der Waals surface area contributed by atoms with Crippen LogP contribution < -0.4 is 10.6 Å². The number of sulfone groups is 1. The van der Waals surface area contributed by atoms with E-state index in [0.717, 1.165) is 30.8 Å². The Labute approximate surface area is 131 Å². The maximum atomic E-state index is 12.5. The summed E-state index contributed by atoms with van der Waals surface area (Å²) < 4.78 is 29.1. The van der Waals surface area contributed by atoms with Crippen LogP contribution in [0.1, 0.15) is 46.5 Å². The average Bonchev–Trinajstić information content (AvgIpc) is 3.12. The molecule has 21 heavy (non-hydrogen) atoms. The Bertz CT molecular complexity index is 577. The zero-order chi connectivity index (χ0) is 15.6. The molecule has 1 aliphatic carbocycles. The fourth-order valence-corrected chi connectivity index (χ4v) is 5.21. The first kappa shape index (κ1) is 16.5. The number of rotatable bonds is 8. The summed E-state index contributed by atoms with van der Waals surface area (Å²) in [4.78, 5) is 2.49. The van der Waals surface area contributed by atoms with Gasteiger partial charge in [-0.15, -0.1) is 0 Å². The summed E-state index contributed by atoms with van der Waals surface area (Å²) >= 11 is 1.23. The molecule has 1 aromatic heterocycles. The zero-order valence-corrected chi connectivity index (χ0v) is 14.6. The fraction of sp³-hybridized carbons (Fsp3) is 0.786. The highest BCUT2D eigenvalue weighted by Crippen LogP contribution is 2.41. The maximum absolute atomic E-state index is 12.5. The molecule has 0 amide bonds. The quantitative estimate of drug-likeness (QED) is 0.792. The van der Waals surface area contributed by atoms with Gasteiger partial charge >= 0.3 is 0 Å². The van der Waals surface area contributed by atoms with E-state index < -0.39 is 9.84 Å². The molecule has 5 nitrogen and oxygen atoms in total. The second-order valence-corrected chi connectivity index (χ2v) is 8.93. The second-order valence-electron chi connectivity index (χ2n) is 6.13. The first-order valence-corrected chi connectivity index (χ1v) is 10.0. The Hall–Kier alpha value is -0.820. The highest BCUT2D eigenvalue weighted by molar-refractivity contribution is 7.91. The van der Waals surface area contributed by atoms with Crippen molar-refractivity contribution in [3.63, 3.8) is 0 Å². The first-order chi connectivity index (χ1) is 9.86. The molecule has 0 unspecified atom stereocenters. The third-order valence-corrected chi connectivity index (χ3v) is 6.64. The van der Waals surface area contributed by atoms with Gasteiger partial charge in [0.2, 0.25) is 0 Å². The average molecular weight is 332 g/mol. The van der Waals surface area contributed by atoms with Crippen LogP contribution >= 0.6 is 11.5 Å². The molecule has 0 aromatic carbocycles. The van der Waals surface area contributed by atoms with Crippen LogP contribution in [0.3, 0.4) is 0 Å². The summed E-state index contributed by atoms with van der Waals surface area (Å²) in [6.07, 6.45) is 3.89. The minimum atomic E-state index is -3.34. The highest BCUT2D eigenvalue weighted by Gasteiger charge is 2.35. The maximum Gasteiger partial charge on any atom is 0.185 e. The van der Waals surface area contributed by atoms with Crippen molar-refractivity contribution in [2.24, 2.45) is 5.92 Å². The number of nitrogens with zero attached hydrogens (tertiary/aromatic N) is 2. The van der Waals surface area contributed by atoms with E-state index in [9.17, 15) is 8.42 Å². The van der Waals surface area contributed by atoms with Crippen molar-refractivity contribution in [3.8, 4) is 0 Å². The monoisotopic (exact) mass is 331 g/mol. The van der Waals surface area contributed by atoms with Gasteiger partial charge in [-0.2, -0.15) is 4.37 Å². The van der Waals surface area contributed by atoms with Gasteiger partial charge in [0.25, 0.3) is 0 Å². The predicted molar refractivity (Wildman–Crippen MR) is 88.7 cm³/mol. The Balaban J connectivity index is 2.33. The van der Waals surface area contributed by atoms with Crippen molar-refractivity contribution >= 4 is 32.2 Å². The van der Waals surface area contributed by atoms with Crippen molar-refractivity contribution in [1.82, 2.24) is 4.37 Å². The van der Waals surface area contributed by atoms with E-state index in [1.54, 1.807) is 0 Å². The second kappa shape index (κ2) is 6.52. The molecule has 1 aromatic rings. The fourth-order valence-electron chi connectivity index (χ4n) is 2.36. The van der Waals surface area contributed by atoms with E-state index in [-0.39, 0.29) is 16.5 Å². The minimum Gasteiger partial charge on any atom is -0.382 e. The molecule has 1 fully saturated rings. The lowest BCUT2D eigenvalue weighted by Crippen LogP contribution is -2.28. The standard InChI is InChI=1S/C14H25N3O2S2/c1-4-9-21(18,19)12-13(15)16-20-14(12)17(11-5-6-11)8-7-10(2)3/h10-11H,4-9H2,1-3H3,(H2,15,16). The number of hydrogen-bond acceptors (Lipinski definition) is 6. The Kier molecular flexibility index (Phi) is 5.14. The lowest BCUT2D eigenvalue weighted by molar-refractivity contribution is 0.569. The van der Waals surface area contributed by atoms with E-state index in [2.05, 4.69) is 23.1 Å². The number of nitrogen functional groups attached to an aromatic ring is 1. The summed E-state index contributed by atoms with van der Waals surface area (Å²) in [6, 6.07) is 0.458. The smallest absolute Gasteiger partial charge is 0.185 e. The van der Waals surface area contributed by atoms with Crippen LogP contribution in [0.15, 0.2) is 4.90 Å². The SMILES string of the molecule is CCCS(=O)(=O)c1c(N)nsc1N(CCC(C)C)C1CC1. The third-order valence-electron chi connectivity index (χ3n) is 3.64. The minimum absolute atomic E-state index is 0.130. The van der Waals surface area contributed by atoms with E-state index >= 15 is 0 Å². The van der Waals surface area contributed by atoms with Gasteiger partial charge in [0.05, 0.1) is 5.75 Å². The Morgan fingerprint density at radius 1 is 1.43 bits per heavy atom. The van der Waals surface area contributed by atoms with Gasteiger partial charge in [-0.25, -0.2) is 8.42 Å². The van der Waals surface area contributed by atoms with Crippen molar-refractivity contribution in [2.45, 2.75) is 57.4 Å². The molecule has 120 valence electrons. The molecule has 0 bridgehead atoms. The van der Waals surface area contributed by atoms with Gasteiger partial charge in [-0.05, 0) is 43.1 Å². The molecule has 0 aliphatic heterocycles. The van der Waals surface area contributed by atoms with Crippen LogP contribution in [0.4, 0.5) is 10.8 Å². The topological polar surface area (TPSA) is 76.3 Å².